The molecule has 0 saturated heterocycles. The number of rotatable bonds is 11. The Bertz CT molecular complexity index is 604. The second-order valence-corrected chi connectivity index (χ2v) is 8.04. The fourth-order valence-electron chi connectivity index (χ4n) is 3.29. The topological polar surface area (TPSA) is 74.6 Å². The zero-order chi connectivity index (χ0) is 19.9. The van der Waals surface area contributed by atoms with Crippen LogP contribution in [-0.4, -0.2) is 22.2 Å². The van der Waals surface area contributed by atoms with E-state index in [4.69, 9.17) is 0 Å². The summed E-state index contributed by atoms with van der Waals surface area (Å²) in [5, 5.41) is 19.6. The summed E-state index contributed by atoms with van der Waals surface area (Å²) >= 11 is 0. The molecule has 0 aliphatic heterocycles. The Kier molecular flexibility index (Phi) is 8.83. The Hall–Kier alpha value is -1.84. The number of hydrogen-bond acceptors (Lipinski definition) is 2. The summed E-state index contributed by atoms with van der Waals surface area (Å²) in [6.45, 7) is 10.3. The van der Waals surface area contributed by atoms with Crippen LogP contribution in [0.25, 0.3) is 0 Å². The van der Waals surface area contributed by atoms with Crippen molar-refractivity contribution in [1.29, 1.82) is 0 Å². The fraction of sp³-hybridized carbons (Fsp3) is 0.636. The molecule has 0 heterocycles. The number of carbonyl (C=O) groups is 2. The van der Waals surface area contributed by atoms with Crippen molar-refractivity contribution >= 4 is 11.9 Å². The predicted octanol–water partition coefficient (Wildman–Crippen LogP) is 5.46. The minimum Gasteiger partial charge on any atom is -0.481 e. The molecule has 0 spiro atoms. The first-order valence-corrected chi connectivity index (χ1v) is 9.75. The molecular formula is C22H34O4. The van der Waals surface area contributed by atoms with Gasteiger partial charge in [-0.05, 0) is 60.6 Å². The molecule has 0 bridgehead atoms. The molecule has 0 radical (unpaired) electrons. The van der Waals surface area contributed by atoms with Gasteiger partial charge in [-0.25, -0.2) is 0 Å². The number of benzene rings is 1. The van der Waals surface area contributed by atoms with Gasteiger partial charge in [0, 0.05) is 0 Å². The zero-order valence-corrected chi connectivity index (χ0v) is 16.8. The van der Waals surface area contributed by atoms with Crippen LogP contribution in [-0.2, 0) is 16.0 Å². The number of aliphatic carboxylic acids is 2. The Morgan fingerprint density at radius 1 is 0.808 bits per heavy atom. The van der Waals surface area contributed by atoms with Crippen LogP contribution in [0.2, 0.25) is 0 Å². The summed E-state index contributed by atoms with van der Waals surface area (Å²) in [6, 6.07) is 5.70. The van der Waals surface area contributed by atoms with Gasteiger partial charge in [0.2, 0.25) is 0 Å². The van der Waals surface area contributed by atoms with Crippen molar-refractivity contribution in [3.05, 3.63) is 34.9 Å². The van der Waals surface area contributed by atoms with Crippen LogP contribution in [0.1, 0.15) is 88.8 Å². The van der Waals surface area contributed by atoms with Gasteiger partial charge in [0.05, 0.1) is 11.8 Å². The van der Waals surface area contributed by atoms with E-state index >= 15 is 0 Å². The van der Waals surface area contributed by atoms with Crippen LogP contribution < -0.4 is 0 Å². The van der Waals surface area contributed by atoms with E-state index in [0.717, 1.165) is 24.8 Å². The summed E-state index contributed by atoms with van der Waals surface area (Å²) in [5.41, 5.74) is 2.41. The molecule has 0 aromatic heterocycles. The van der Waals surface area contributed by atoms with Crippen molar-refractivity contribution in [3.63, 3.8) is 0 Å². The van der Waals surface area contributed by atoms with Gasteiger partial charge in [0.25, 0.3) is 0 Å². The highest BCUT2D eigenvalue weighted by molar-refractivity contribution is 5.80. The van der Waals surface area contributed by atoms with E-state index in [-0.39, 0.29) is 0 Å². The van der Waals surface area contributed by atoms with Gasteiger partial charge < -0.3 is 10.2 Å². The van der Waals surface area contributed by atoms with Gasteiger partial charge in [-0.2, -0.15) is 0 Å². The lowest BCUT2D eigenvalue weighted by atomic mass is 9.81. The summed E-state index contributed by atoms with van der Waals surface area (Å²) in [5.74, 6) is -2.23. The van der Waals surface area contributed by atoms with Crippen LogP contribution in [0, 0.1) is 11.8 Å². The normalized spacial score (nSPS) is 13.8. The third-order valence-corrected chi connectivity index (χ3v) is 4.97. The Morgan fingerprint density at radius 2 is 1.27 bits per heavy atom. The summed E-state index contributed by atoms with van der Waals surface area (Å²) in [7, 11) is 0. The van der Waals surface area contributed by atoms with Gasteiger partial charge in [-0.1, -0.05) is 52.8 Å². The smallest absolute Gasteiger partial charge is 0.310 e. The first kappa shape index (κ1) is 22.2. The molecule has 0 amide bonds. The van der Waals surface area contributed by atoms with E-state index in [2.05, 4.69) is 27.7 Å². The molecule has 2 unspecified atom stereocenters. The summed E-state index contributed by atoms with van der Waals surface area (Å²) in [6.07, 6.45) is 3.46. The second kappa shape index (κ2) is 10.3. The average molecular weight is 363 g/mol. The number of carboxylic acid groups (broad SMARTS) is 2. The molecule has 0 aliphatic carbocycles. The van der Waals surface area contributed by atoms with E-state index < -0.39 is 23.8 Å². The highest BCUT2D eigenvalue weighted by Crippen LogP contribution is 2.34. The number of hydrogen-bond donors (Lipinski definition) is 2. The highest BCUT2D eigenvalue weighted by Gasteiger charge is 2.29. The quantitative estimate of drug-likeness (QED) is 0.548. The fourth-order valence-corrected chi connectivity index (χ4v) is 3.29. The Labute approximate surface area is 157 Å². The lowest BCUT2D eigenvalue weighted by Crippen LogP contribution is -2.20. The lowest BCUT2D eigenvalue weighted by molar-refractivity contribution is -0.140. The summed E-state index contributed by atoms with van der Waals surface area (Å²) in [4.78, 5) is 23.9. The van der Waals surface area contributed by atoms with Crippen LogP contribution in [0.5, 0.6) is 0 Å². The second-order valence-electron chi connectivity index (χ2n) is 8.04. The SMILES string of the molecule is CCc1ccc(C(CCC(C)C)C(=O)O)c(C(CCC(C)C)C(=O)O)c1. The van der Waals surface area contributed by atoms with E-state index in [9.17, 15) is 19.8 Å². The van der Waals surface area contributed by atoms with Crippen LogP contribution in [0.4, 0.5) is 0 Å². The molecule has 1 aromatic carbocycles. The molecule has 0 saturated carbocycles. The van der Waals surface area contributed by atoms with Crippen LogP contribution in [0.15, 0.2) is 18.2 Å². The standard InChI is InChI=1S/C22H34O4/c1-6-16-9-12-17(18(21(23)24)10-7-14(2)3)20(13-16)19(22(25)26)11-8-15(4)5/h9,12-15,18-19H,6-8,10-11H2,1-5H3,(H,23,24)(H,25,26). The van der Waals surface area contributed by atoms with Crippen molar-refractivity contribution in [2.75, 3.05) is 0 Å². The molecule has 2 N–H and O–H groups in total. The molecule has 4 nitrogen and oxygen atoms in total. The van der Waals surface area contributed by atoms with Crippen LogP contribution in [0.3, 0.4) is 0 Å². The molecule has 1 aromatic rings. The predicted molar refractivity (Wildman–Crippen MR) is 105 cm³/mol. The van der Waals surface area contributed by atoms with Crippen LogP contribution >= 0.6 is 0 Å². The van der Waals surface area contributed by atoms with Crippen molar-refractivity contribution in [2.24, 2.45) is 11.8 Å². The Balaban J connectivity index is 3.36. The minimum absolute atomic E-state index is 0.408. The highest BCUT2D eigenvalue weighted by atomic mass is 16.4. The maximum Gasteiger partial charge on any atom is 0.310 e. The molecule has 146 valence electrons. The van der Waals surface area contributed by atoms with Crippen molar-refractivity contribution < 1.29 is 19.8 Å². The lowest BCUT2D eigenvalue weighted by Gasteiger charge is -2.23. The summed E-state index contributed by atoms with van der Waals surface area (Å²) < 4.78 is 0. The van der Waals surface area contributed by atoms with Crippen molar-refractivity contribution in [1.82, 2.24) is 0 Å². The molecular weight excluding hydrogens is 328 g/mol. The maximum absolute atomic E-state index is 12.0. The molecule has 2 atom stereocenters. The van der Waals surface area contributed by atoms with E-state index in [1.54, 1.807) is 0 Å². The molecule has 4 heteroatoms. The number of carboxylic acids is 2. The number of aryl methyl sites for hydroxylation is 1. The molecule has 26 heavy (non-hydrogen) atoms. The average Bonchev–Trinajstić information content (AvgIpc) is 2.54. The van der Waals surface area contributed by atoms with E-state index in [1.807, 2.05) is 25.1 Å². The first-order chi connectivity index (χ1) is 12.2. The first-order valence-electron chi connectivity index (χ1n) is 9.75. The monoisotopic (exact) mass is 362 g/mol. The van der Waals surface area contributed by atoms with Gasteiger partial charge in [-0.15, -0.1) is 0 Å². The molecule has 0 fully saturated rings. The van der Waals surface area contributed by atoms with Crippen molar-refractivity contribution in [3.8, 4) is 0 Å². The van der Waals surface area contributed by atoms with Gasteiger partial charge in [0.15, 0.2) is 0 Å². The van der Waals surface area contributed by atoms with Gasteiger partial charge in [-0.3, -0.25) is 9.59 Å². The van der Waals surface area contributed by atoms with E-state index in [1.165, 1.54) is 0 Å². The minimum atomic E-state index is -0.871. The molecule has 1 rings (SSSR count). The third kappa shape index (κ3) is 6.47. The molecule has 0 aliphatic rings. The van der Waals surface area contributed by atoms with Gasteiger partial charge in [0.1, 0.15) is 0 Å². The largest absolute Gasteiger partial charge is 0.481 e. The van der Waals surface area contributed by atoms with Gasteiger partial charge >= 0.3 is 11.9 Å². The Morgan fingerprint density at radius 3 is 1.65 bits per heavy atom. The van der Waals surface area contributed by atoms with E-state index in [0.29, 0.717) is 35.8 Å². The third-order valence-electron chi connectivity index (χ3n) is 4.97. The zero-order valence-electron chi connectivity index (χ0n) is 16.8. The van der Waals surface area contributed by atoms with Crippen molar-refractivity contribution in [2.45, 2.75) is 78.6 Å². The maximum atomic E-state index is 12.0.